The predicted molar refractivity (Wildman–Crippen MR) is 108 cm³/mol. The first-order chi connectivity index (χ1) is 14.9. The van der Waals surface area contributed by atoms with Crippen LogP contribution < -0.4 is 5.32 Å². The van der Waals surface area contributed by atoms with Crippen molar-refractivity contribution in [2.24, 2.45) is 0 Å². The van der Waals surface area contributed by atoms with E-state index in [-0.39, 0.29) is 6.42 Å². The number of hydrogen-bond acceptors (Lipinski definition) is 5. The maximum atomic E-state index is 12.2. The Balaban J connectivity index is 2.10. The third kappa shape index (κ3) is 8.20. The molecule has 172 valence electrons. The molecule has 11 heteroatoms. The lowest BCUT2D eigenvalue weighted by molar-refractivity contribution is -0.192. The third-order valence-electron chi connectivity index (χ3n) is 4.28. The van der Waals surface area contributed by atoms with Crippen LogP contribution in [0.25, 0.3) is 11.1 Å². The summed E-state index contributed by atoms with van der Waals surface area (Å²) in [5.74, 6) is -4.71. The standard InChI is InChI=1S/C21H19ClF3NO6/c22-15-3-1-2-14(9-15)13-6-4-12(5-7-13)8-16(26-18(28)19(29)30)10-17(27)20(31)32-11-21(23,24)25/h1-7,9,16-17,27H,8,10-11H2,(H,26,28)(H,29,30)/t16-,17-/m1/s1. The molecular formula is C21H19ClF3NO6. The lowest BCUT2D eigenvalue weighted by Crippen LogP contribution is -2.43. The Morgan fingerprint density at radius 1 is 1.06 bits per heavy atom. The topological polar surface area (TPSA) is 113 Å². The number of ether oxygens (including phenoxy) is 1. The second-order valence-electron chi connectivity index (χ2n) is 6.86. The van der Waals surface area contributed by atoms with Crippen molar-refractivity contribution >= 4 is 29.4 Å². The lowest BCUT2D eigenvalue weighted by Gasteiger charge is -2.21. The van der Waals surface area contributed by atoms with Gasteiger partial charge in [0.15, 0.2) is 12.7 Å². The van der Waals surface area contributed by atoms with Gasteiger partial charge < -0.3 is 20.3 Å². The Morgan fingerprint density at radius 3 is 2.28 bits per heavy atom. The van der Waals surface area contributed by atoms with Crippen molar-refractivity contribution in [3.05, 3.63) is 59.1 Å². The maximum Gasteiger partial charge on any atom is 0.422 e. The van der Waals surface area contributed by atoms with Crippen LogP contribution in [0.1, 0.15) is 12.0 Å². The van der Waals surface area contributed by atoms with Crippen molar-refractivity contribution in [2.75, 3.05) is 6.61 Å². The largest absolute Gasteiger partial charge is 0.474 e. The zero-order valence-corrected chi connectivity index (χ0v) is 17.2. The Morgan fingerprint density at radius 2 is 1.72 bits per heavy atom. The first-order valence-electron chi connectivity index (χ1n) is 9.24. The van der Waals surface area contributed by atoms with Crippen LogP contribution in [0.5, 0.6) is 0 Å². The first-order valence-corrected chi connectivity index (χ1v) is 9.62. The number of halogens is 4. The third-order valence-corrected chi connectivity index (χ3v) is 4.52. The number of rotatable bonds is 8. The fraction of sp³-hybridized carbons (Fsp3) is 0.286. The summed E-state index contributed by atoms with van der Waals surface area (Å²) in [6.45, 7) is -1.87. The van der Waals surface area contributed by atoms with Gasteiger partial charge in [-0.2, -0.15) is 13.2 Å². The molecule has 0 unspecified atom stereocenters. The first kappa shape index (κ1) is 25.2. The Labute approximate surface area is 185 Å². The van der Waals surface area contributed by atoms with E-state index in [1.165, 1.54) is 0 Å². The number of amides is 1. The average Bonchev–Trinajstić information content (AvgIpc) is 2.71. The molecule has 0 fully saturated rings. The zero-order valence-electron chi connectivity index (χ0n) is 16.4. The summed E-state index contributed by atoms with van der Waals surface area (Å²) in [6, 6.07) is 12.9. The van der Waals surface area contributed by atoms with Gasteiger partial charge in [-0.1, -0.05) is 48.0 Å². The molecule has 3 N–H and O–H groups in total. The van der Waals surface area contributed by atoms with E-state index in [2.05, 4.69) is 10.1 Å². The number of benzene rings is 2. The van der Waals surface area contributed by atoms with Gasteiger partial charge >= 0.3 is 24.0 Å². The van der Waals surface area contributed by atoms with Crippen LogP contribution >= 0.6 is 11.6 Å². The molecule has 1 amide bonds. The average molecular weight is 474 g/mol. The maximum absolute atomic E-state index is 12.2. The van der Waals surface area contributed by atoms with Crippen molar-refractivity contribution in [3.8, 4) is 11.1 Å². The molecule has 0 saturated carbocycles. The van der Waals surface area contributed by atoms with E-state index in [4.69, 9.17) is 16.7 Å². The van der Waals surface area contributed by atoms with E-state index in [1.54, 1.807) is 42.5 Å². The molecule has 0 bridgehead atoms. The molecule has 32 heavy (non-hydrogen) atoms. The fourth-order valence-electron chi connectivity index (χ4n) is 2.84. The number of aliphatic hydroxyl groups is 1. The number of carboxylic acids is 1. The van der Waals surface area contributed by atoms with Gasteiger partial charge in [0.1, 0.15) is 0 Å². The number of carbonyl (C=O) groups excluding carboxylic acids is 2. The Hall–Kier alpha value is -3.11. The van der Waals surface area contributed by atoms with Gasteiger partial charge in [0.05, 0.1) is 0 Å². The minimum absolute atomic E-state index is 0.00153. The van der Waals surface area contributed by atoms with Gasteiger partial charge in [-0.3, -0.25) is 4.79 Å². The normalized spacial score (nSPS) is 13.2. The van der Waals surface area contributed by atoms with Crippen molar-refractivity contribution in [1.29, 1.82) is 0 Å². The molecule has 0 heterocycles. The van der Waals surface area contributed by atoms with E-state index >= 15 is 0 Å². The lowest BCUT2D eigenvalue weighted by atomic mass is 9.98. The summed E-state index contributed by atoms with van der Waals surface area (Å²) in [5, 5.41) is 21.4. The van der Waals surface area contributed by atoms with Crippen LogP contribution in [-0.2, 0) is 25.5 Å². The minimum atomic E-state index is -4.77. The van der Waals surface area contributed by atoms with Crippen LogP contribution in [0.3, 0.4) is 0 Å². The van der Waals surface area contributed by atoms with Crippen LogP contribution in [0, 0.1) is 0 Å². The van der Waals surface area contributed by atoms with E-state index in [9.17, 15) is 32.7 Å². The van der Waals surface area contributed by atoms with Gasteiger partial charge in [-0.25, -0.2) is 9.59 Å². The summed E-state index contributed by atoms with van der Waals surface area (Å²) in [7, 11) is 0. The van der Waals surface area contributed by atoms with Gasteiger partial charge in [-0.05, 0) is 35.2 Å². The smallest absolute Gasteiger partial charge is 0.422 e. The summed E-state index contributed by atoms with van der Waals surface area (Å²) in [6.07, 6.45) is -7.32. The second-order valence-corrected chi connectivity index (χ2v) is 7.30. The van der Waals surface area contributed by atoms with Gasteiger partial charge in [0.2, 0.25) is 0 Å². The number of esters is 1. The van der Waals surface area contributed by atoms with E-state index < -0.39 is 49.2 Å². The van der Waals surface area contributed by atoms with Crippen LogP contribution in [0.2, 0.25) is 5.02 Å². The molecule has 0 aliphatic heterocycles. The number of alkyl halides is 3. The molecule has 0 radical (unpaired) electrons. The zero-order chi connectivity index (χ0) is 23.9. The number of carbonyl (C=O) groups is 3. The fourth-order valence-corrected chi connectivity index (χ4v) is 3.03. The Bertz CT molecular complexity index is 965. The number of aliphatic hydroxyl groups excluding tert-OH is 1. The van der Waals surface area contributed by atoms with Crippen LogP contribution in [0.15, 0.2) is 48.5 Å². The number of nitrogens with one attached hydrogen (secondary N) is 1. The van der Waals surface area contributed by atoms with Crippen molar-refractivity contribution in [3.63, 3.8) is 0 Å². The molecule has 2 aromatic carbocycles. The van der Waals surface area contributed by atoms with E-state index in [0.29, 0.717) is 10.6 Å². The highest BCUT2D eigenvalue weighted by Crippen LogP contribution is 2.23. The molecule has 2 rings (SSSR count). The summed E-state index contributed by atoms with van der Waals surface area (Å²) < 4.78 is 40.5. The number of aliphatic carboxylic acids is 1. The molecular weight excluding hydrogens is 455 g/mol. The van der Waals surface area contributed by atoms with Crippen molar-refractivity contribution in [1.82, 2.24) is 5.32 Å². The minimum Gasteiger partial charge on any atom is -0.474 e. The predicted octanol–water partition coefficient (Wildman–Crippen LogP) is 2.98. The molecule has 2 atom stereocenters. The van der Waals surface area contributed by atoms with E-state index in [0.717, 1.165) is 11.1 Å². The molecule has 0 aliphatic rings. The monoisotopic (exact) mass is 473 g/mol. The molecule has 2 aromatic rings. The molecule has 0 spiro atoms. The second kappa shape index (κ2) is 11.0. The molecule has 7 nitrogen and oxygen atoms in total. The molecule has 0 aromatic heterocycles. The van der Waals surface area contributed by atoms with Crippen molar-refractivity contribution < 1.29 is 42.5 Å². The summed E-state index contributed by atoms with van der Waals surface area (Å²) >= 11 is 5.98. The highest BCUT2D eigenvalue weighted by atomic mass is 35.5. The summed E-state index contributed by atoms with van der Waals surface area (Å²) in [5.41, 5.74) is 2.29. The highest BCUT2D eigenvalue weighted by molar-refractivity contribution is 6.31. The molecule has 0 aliphatic carbocycles. The van der Waals surface area contributed by atoms with Gasteiger partial charge in [0, 0.05) is 17.5 Å². The SMILES string of the molecule is O=C(O)C(=O)N[C@H](Cc1ccc(-c2cccc(Cl)c2)cc1)C[C@@H](O)C(=O)OCC(F)(F)F. The molecule has 0 saturated heterocycles. The number of hydrogen-bond donors (Lipinski definition) is 3. The highest BCUT2D eigenvalue weighted by Gasteiger charge is 2.32. The van der Waals surface area contributed by atoms with Gasteiger partial charge in [0.25, 0.3) is 0 Å². The van der Waals surface area contributed by atoms with Crippen LogP contribution in [-0.4, -0.2) is 53.0 Å². The summed E-state index contributed by atoms with van der Waals surface area (Å²) in [4.78, 5) is 34.0. The quantitative estimate of drug-likeness (QED) is 0.401. The van der Waals surface area contributed by atoms with Gasteiger partial charge in [-0.15, -0.1) is 0 Å². The van der Waals surface area contributed by atoms with Crippen molar-refractivity contribution in [2.45, 2.75) is 31.2 Å². The number of carboxylic acid groups (broad SMARTS) is 1. The van der Waals surface area contributed by atoms with Crippen LogP contribution in [0.4, 0.5) is 13.2 Å². The van der Waals surface area contributed by atoms with E-state index in [1.807, 2.05) is 6.07 Å². The Kier molecular flexibility index (Phi) is 8.62.